The van der Waals surface area contributed by atoms with Crippen molar-refractivity contribution in [1.82, 2.24) is 0 Å². The third-order valence-corrected chi connectivity index (χ3v) is 2.09. The number of nitrogens with zero attached hydrogens (tertiary/aromatic N) is 1. The van der Waals surface area contributed by atoms with Crippen molar-refractivity contribution in [2.45, 2.75) is 19.8 Å². The molecule has 0 atom stereocenters. The molecule has 0 heterocycles. The zero-order valence-electron chi connectivity index (χ0n) is 10.00. The van der Waals surface area contributed by atoms with Crippen LogP contribution in [0.3, 0.4) is 0 Å². The topological polar surface area (TPSA) is 50.1 Å². The Bertz CT molecular complexity index is 535. The first-order valence-corrected chi connectivity index (χ1v) is 5.47. The first-order valence-electron chi connectivity index (χ1n) is 5.47. The maximum atomic E-state index is 13.2. The molecule has 0 aromatic heterocycles. The van der Waals surface area contributed by atoms with Crippen molar-refractivity contribution in [2.24, 2.45) is 0 Å². The molecule has 0 aliphatic rings. The van der Waals surface area contributed by atoms with Crippen LogP contribution in [0.1, 0.15) is 24.5 Å². The van der Waals surface area contributed by atoms with E-state index in [0.717, 1.165) is 0 Å². The number of nitriles is 1. The Labute approximate surface area is 105 Å². The van der Waals surface area contributed by atoms with Crippen molar-refractivity contribution in [3.05, 3.63) is 35.1 Å². The smallest absolute Gasteiger partial charge is 0.317 e. The minimum absolute atomic E-state index is 0.000764. The second kappa shape index (κ2) is 7.09. The molecule has 1 rings (SSSR count). The first kappa shape index (κ1) is 13.7. The molecule has 4 heteroatoms. The minimum Gasteiger partial charge on any atom is -0.465 e. The number of hydrogen-bond donors (Lipinski definition) is 0. The summed E-state index contributed by atoms with van der Waals surface area (Å²) in [5.74, 6) is 4.57. The van der Waals surface area contributed by atoms with Gasteiger partial charge in [-0.1, -0.05) is 11.8 Å². The lowest BCUT2D eigenvalue weighted by atomic mass is 10.1. The van der Waals surface area contributed by atoms with Crippen LogP contribution in [0.2, 0.25) is 0 Å². The second-order valence-electron chi connectivity index (χ2n) is 3.42. The zero-order chi connectivity index (χ0) is 13.4. The molecule has 0 aliphatic carbocycles. The van der Waals surface area contributed by atoms with E-state index in [0.29, 0.717) is 17.7 Å². The average Bonchev–Trinajstić information content (AvgIpc) is 2.34. The summed E-state index contributed by atoms with van der Waals surface area (Å²) in [4.78, 5) is 11.0. The molecule has 0 bridgehead atoms. The molecule has 18 heavy (non-hydrogen) atoms. The molecule has 0 N–H and O–H groups in total. The SMILES string of the molecule is CCOC(=O)CC#Cc1ccc(F)c(CC#N)c1. The Balaban J connectivity index is 2.74. The maximum Gasteiger partial charge on any atom is 0.317 e. The van der Waals surface area contributed by atoms with Crippen LogP contribution >= 0.6 is 0 Å². The molecule has 3 nitrogen and oxygen atoms in total. The van der Waals surface area contributed by atoms with E-state index >= 15 is 0 Å². The molecule has 0 radical (unpaired) electrons. The molecule has 0 aliphatic heterocycles. The molecule has 1 aromatic carbocycles. The number of rotatable bonds is 3. The average molecular weight is 245 g/mol. The number of carbonyl (C=O) groups excluding carboxylic acids is 1. The van der Waals surface area contributed by atoms with E-state index in [1.165, 1.54) is 18.2 Å². The van der Waals surface area contributed by atoms with E-state index in [1.807, 2.05) is 6.07 Å². The Morgan fingerprint density at radius 3 is 2.94 bits per heavy atom. The molecule has 1 aromatic rings. The van der Waals surface area contributed by atoms with Gasteiger partial charge in [-0.3, -0.25) is 4.79 Å². The third kappa shape index (κ3) is 4.27. The minimum atomic E-state index is -0.424. The van der Waals surface area contributed by atoms with Crippen LogP contribution in [-0.4, -0.2) is 12.6 Å². The van der Waals surface area contributed by atoms with Crippen LogP contribution in [-0.2, 0) is 16.0 Å². The Morgan fingerprint density at radius 1 is 1.50 bits per heavy atom. The van der Waals surface area contributed by atoms with E-state index in [2.05, 4.69) is 11.8 Å². The standard InChI is InChI=1S/C14H12FNO2/c1-2-18-14(17)5-3-4-11-6-7-13(15)12(10-11)8-9-16/h6-7,10H,2,5,8H2,1H3. The van der Waals surface area contributed by atoms with Crippen molar-refractivity contribution in [3.63, 3.8) is 0 Å². The van der Waals surface area contributed by atoms with Gasteiger partial charge in [0.15, 0.2) is 0 Å². The number of halogens is 1. The van der Waals surface area contributed by atoms with Gasteiger partial charge in [-0.05, 0) is 25.1 Å². The quantitative estimate of drug-likeness (QED) is 0.606. The second-order valence-corrected chi connectivity index (χ2v) is 3.42. The molecule has 0 fully saturated rings. The van der Waals surface area contributed by atoms with Crippen molar-refractivity contribution in [3.8, 4) is 17.9 Å². The lowest BCUT2D eigenvalue weighted by Gasteiger charge is -1.98. The lowest BCUT2D eigenvalue weighted by molar-refractivity contribution is -0.141. The van der Waals surface area contributed by atoms with Crippen LogP contribution < -0.4 is 0 Å². The van der Waals surface area contributed by atoms with Crippen molar-refractivity contribution >= 4 is 5.97 Å². The van der Waals surface area contributed by atoms with Gasteiger partial charge in [0.25, 0.3) is 0 Å². The number of carbonyl (C=O) groups is 1. The van der Waals surface area contributed by atoms with Crippen LogP contribution in [0.5, 0.6) is 0 Å². The molecule has 0 saturated carbocycles. The van der Waals surface area contributed by atoms with Crippen LogP contribution in [0.15, 0.2) is 18.2 Å². The Morgan fingerprint density at radius 2 is 2.28 bits per heavy atom. The van der Waals surface area contributed by atoms with Gasteiger partial charge in [-0.25, -0.2) is 4.39 Å². The van der Waals surface area contributed by atoms with Crippen LogP contribution in [0.25, 0.3) is 0 Å². The fraction of sp³-hybridized carbons (Fsp3) is 0.286. The largest absolute Gasteiger partial charge is 0.465 e. The monoisotopic (exact) mass is 245 g/mol. The zero-order valence-corrected chi connectivity index (χ0v) is 10.00. The number of esters is 1. The lowest BCUT2D eigenvalue weighted by Crippen LogP contribution is -2.01. The summed E-state index contributed by atoms with van der Waals surface area (Å²) in [6.45, 7) is 2.04. The molecular formula is C14H12FNO2. The molecule has 0 spiro atoms. The summed E-state index contributed by atoms with van der Waals surface area (Å²) in [6, 6.07) is 6.16. The van der Waals surface area contributed by atoms with Gasteiger partial charge >= 0.3 is 5.97 Å². The summed E-state index contributed by atoms with van der Waals surface area (Å²) < 4.78 is 18.0. The number of hydrogen-bond acceptors (Lipinski definition) is 3. The van der Waals surface area contributed by atoms with Crippen LogP contribution in [0.4, 0.5) is 4.39 Å². The highest BCUT2D eigenvalue weighted by Gasteiger charge is 2.02. The van der Waals surface area contributed by atoms with Crippen LogP contribution in [0, 0.1) is 29.0 Å². The van der Waals surface area contributed by atoms with Gasteiger partial charge in [0.05, 0.1) is 19.1 Å². The summed E-state index contributed by atoms with van der Waals surface area (Å²) in [6.07, 6.45) is -0.00195. The van der Waals surface area contributed by atoms with Crippen molar-refractivity contribution in [2.75, 3.05) is 6.61 Å². The molecule has 0 saturated heterocycles. The predicted octanol–water partition coefficient (Wildman–Crippen LogP) is 2.20. The van der Waals surface area contributed by atoms with E-state index in [4.69, 9.17) is 10.00 Å². The third-order valence-electron chi connectivity index (χ3n) is 2.09. The highest BCUT2D eigenvalue weighted by Crippen LogP contribution is 2.10. The predicted molar refractivity (Wildman–Crippen MR) is 63.8 cm³/mol. The van der Waals surface area contributed by atoms with Crippen molar-refractivity contribution < 1.29 is 13.9 Å². The van der Waals surface area contributed by atoms with Gasteiger partial charge in [0.1, 0.15) is 12.2 Å². The molecular weight excluding hydrogens is 233 g/mol. The molecule has 0 amide bonds. The Kier molecular flexibility index (Phi) is 5.41. The highest BCUT2D eigenvalue weighted by atomic mass is 19.1. The fourth-order valence-electron chi connectivity index (χ4n) is 1.30. The van der Waals surface area contributed by atoms with Gasteiger partial charge in [0, 0.05) is 11.1 Å². The van der Waals surface area contributed by atoms with E-state index in [1.54, 1.807) is 6.92 Å². The fourth-order valence-corrected chi connectivity index (χ4v) is 1.30. The van der Waals surface area contributed by atoms with Gasteiger partial charge in [-0.15, -0.1) is 0 Å². The van der Waals surface area contributed by atoms with E-state index in [-0.39, 0.29) is 18.8 Å². The molecule has 0 unspecified atom stereocenters. The Hall–Kier alpha value is -2.33. The summed E-state index contributed by atoms with van der Waals surface area (Å²) >= 11 is 0. The van der Waals surface area contributed by atoms with Gasteiger partial charge in [0.2, 0.25) is 0 Å². The first-order chi connectivity index (χ1) is 8.67. The van der Waals surface area contributed by atoms with E-state index < -0.39 is 5.82 Å². The van der Waals surface area contributed by atoms with Gasteiger partial charge < -0.3 is 4.74 Å². The van der Waals surface area contributed by atoms with Gasteiger partial charge in [-0.2, -0.15) is 5.26 Å². The maximum absolute atomic E-state index is 13.2. The number of ether oxygens (including phenoxy) is 1. The molecule has 92 valence electrons. The number of benzene rings is 1. The summed E-state index contributed by atoms with van der Waals surface area (Å²) in [5.41, 5.74) is 0.881. The van der Waals surface area contributed by atoms with Crippen molar-refractivity contribution in [1.29, 1.82) is 5.26 Å². The normalized spacial score (nSPS) is 8.94. The summed E-state index contributed by atoms with van der Waals surface area (Å²) in [5, 5.41) is 8.53. The highest BCUT2D eigenvalue weighted by molar-refractivity contribution is 5.72. The van der Waals surface area contributed by atoms with E-state index in [9.17, 15) is 9.18 Å². The summed E-state index contributed by atoms with van der Waals surface area (Å²) in [7, 11) is 0.